The minimum absolute atomic E-state index is 0. The molecule has 2 N–H and O–H groups in total. The number of thiocarbonyl (C=S) groups is 1. The second-order valence-corrected chi connectivity index (χ2v) is 10.8. The van der Waals surface area contributed by atoms with Gasteiger partial charge in [0.15, 0.2) is 16.6 Å². The van der Waals surface area contributed by atoms with Gasteiger partial charge in [-0.2, -0.15) is 0 Å². The molecule has 9 nitrogen and oxygen atoms in total. The van der Waals surface area contributed by atoms with Crippen molar-refractivity contribution in [2.75, 3.05) is 63.7 Å². The average Bonchev–Trinajstić information content (AvgIpc) is 3.52. The van der Waals surface area contributed by atoms with Crippen molar-refractivity contribution >= 4 is 28.7 Å². The molecule has 0 atom stereocenters. The fraction of sp³-hybridized carbons (Fsp3) is 0.472. The maximum Gasteiger partial charge on any atom is 0.231 e. The van der Waals surface area contributed by atoms with E-state index in [4.69, 9.17) is 45.4 Å². The van der Waals surface area contributed by atoms with Crippen LogP contribution in [0, 0.1) is 0 Å². The van der Waals surface area contributed by atoms with Crippen LogP contribution in [0.4, 0.5) is 11.4 Å². The second kappa shape index (κ2) is 26.8. The molecule has 1 aliphatic rings. The van der Waals surface area contributed by atoms with Crippen molar-refractivity contribution in [3.05, 3.63) is 71.8 Å². The fourth-order valence-electron chi connectivity index (χ4n) is 4.43. The van der Waals surface area contributed by atoms with Crippen LogP contribution in [-0.4, -0.2) is 58.2 Å². The number of benzene rings is 3. The van der Waals surface area contributed by atoms with Gasteiger partial charge in [0.25, 0.3) is 0 Å². The summed E-state index contributed by atoms with van der Waals surface area (Å²) in [5, 5.41) is 6.80. The smallest absolute Gasteiger partial charge is 0.231 e. The Morgan fingerprint density at radius 2 is 1.15 bits per heavy atom. The first-order valence-electron chi connectivity index (χ1n) is 16.2. The van der Waals surface area contributed by atoms with Gasteiger partial charge in [-0.3, -0.25) is 0 Å². The minimum Gasteiger partial charge on any atom is -0.494 e. The maximum absolute atomic E-state index is 5.75. The zero-order valence-corrected chi connectivity index (χ0v) is 33.6. The second-order valence-electron chi connectivity index (χ2n) is 10.3. The van der Waals surface area contributed by atoms with E-state index in [2.05, 4.69) is 30.5 Å². The average molecular weight is 794 g/mol. The molecule has 1 aliphatic heterocycles. The fourth-order valence-corrected chi connectivity index (χ4v) is 4.66. The van der Waals surface area contributed by atoms with Crippen LogP contribution in [0.1, 0.15) is 58.1 Å². The Hall–Kier alpha value is -1.97. The summed E-state index contributed by atoms with van der Waals surface area (Å²) in [6.45, 7) is 13.7. The van der Waals surface area contributed by atoms with Gasteiger partial charge < -0.3 is 43.8 Å². The van der Waals surface area contributed by atoms with Crippen LogP contribution in [0.25, 0.3) is 0 Å². The van der Waals surface area contributed by atoms with Gasteiger partial charge in [0.05, 0.1) is 46.2 Å². The van der Waals surface area contributed by atoms with Gasteiger partial charge in [-0.1, -0.05) is 26.7 Å². The van der Waals surface area contributed by atoms with E-state index in [1.807, 2.05) is 68.4 Å². The predicted molar refractivity (Wildman–Crippen MR) is 188 cm³/mol. The van der Waals surface area contributed by atoms with Crippen LogP contribution < -0.4 is 29.6 Å². The molecular weight excluding hydrogens is 744 g/mol. The Morgan fingerprint density at radius 3 is 1.62 bits per heavy atom. The number of fused-ring (bicyclic) bond motifs is 1. The van der Waals surface area contributed by atoms with Gasteiger partial charge in [0.1, 0.15) is 11.5 Å². The largest absolute Gasteiger partial charge is 0.494 e. The molecule has 0 radical (unpaired) electrons. The number of hydrogen-bond acceptors (Lipinski definition) is 8. The van der Waals surface area contributed by atoms with Gasteiger partial charge >= 0.3 is 0 Å². The molecule has 48 heavy (non-hydrogen) atoms. The molecule has 0 fully saturated rings. The molecule has 0 aromatic heterocycles. The first-order chi connectivity index (χ1) is 22.6. The number of hydrogen-bond donors (Lipinski definition) is 2. The minimum atomic E-state index is 0. The van der Waals surface area contributed by atoms with E-state index in [0.29, 0.717) is 58.2 Å². The van der Waals surface area contributed by atoms with Crippen molar-refractivity contribution in [1.82, 2.24) is 0 Å². The quantitative estimate of drug-likeness (QED) is 0.0708. The third kappa shape index (κ3) is 17.1. The zero-order chi connectivity index (χ0) is 32.8. The van der Waals surface area contributed by atoms with Crippen LogP contribution >= 0.6 is 12.2 Å². The Morgan fingerprint density at radius 1 is 0.667 bits per heavy atom. The maximum atomic E-state index is 5.75. The molecule has 3 aromatic carbocycles. The SMILES string of the molecule is CCCCOCCOCCOCc1cc2c(cc1CCC)OCO2.CCOc1ccc(NC(=S)Nc2ccc(OCC)cc2)cc1.[Ti].[Zr]. The molecule has 0 saturated heterocycles. The van der Waals surface area contributed by atoms with Crippen molar-refractivity contribution in [3.63, 3.8) is 0 Å². The monoisotopic (exact) mass is 792 g/mol. The van der Waals surface area contributed by atoms with E-state index in [-0.39, 0.29) is 47.9 Å². The third-order valence-electron chi connectivity index (χ3n) is 6.70. The molecule has 12 heteroatoms. The van der Waals surface area contributed by atoms with Crippen LogP contribution in [0.15, 0.2) is 60.7 Å². The molecule has 3 aromatic rings. The van der Waals surface area contributed by atoms with Gasteiger partial charge in [-0.25, -0.2) is 0 Å². The molecule has 0 amide bonds. The molecule has 0 spiro atoms. The van der Waals surface area contributed by atoms with E-state index < -0.39 is 0 Å². The van der Waals surface area contributed by atoms with E-state index in [1.54, 1.807) is 0 Å². The number of anilines is 2. The number of nitrogens with one attached hydrogen (secondary N) is 2. The summed E-state index contributed by atoms with van der Waals surface area (Å²) < 4.78 is 38.4. The van der Waals surface area contributed by atoms with Crippen molar-refractivity contribution < 1.29 is 81.1 Å². The van der Waals surface area contributed by atoms with E-state index >= 15 is 0 Å². The van der Waals surface area contributed by atoms with Crippen molar-refractivity contribution in [2.45, 2.75) is 60.0 Å². The Kier molecular flexibility index (Phi) is 24.6. The van der Waals surface area contributed by atoms with Gasteiger partial charge in [-0.05, 0) is 111 Å². The molecule has 0 saturated carbocycles. The number of aryl methyl sites for hydroxylation is 1. The van der Waals surface area contributed by atoms with Crippen LogP contribution in [0.3, 0.4) is 0 Å². The van der Waals surface area contributed by atoms with Gasteiger partial charge in [-0.15, -0.1) is 0 Å². The first-order valence-corrected chi connectivity index (χ1v) is 16.6. The van der Waals surface area contributed by atoms with Crippen molar-refractivity contribution in [1.29, 1.82) is 0 Å². The van der Waals surface area contributed by atoms with E-state index in [9.17, 15) is 0 Å². The Labute approximate surface area is 326 Å². The predicted octanol–water partition coefficient (Wildman–Crippen LogP) is 8.01. The van der Waals surface area contributed by atoms with Crippen LogP contribution in [0.2, 0.25) is 0 Å². The standard InChI is InChI=1S/C19H30O5.C17H20N2O2S.Ti.Zr/c1-3-5-7-20-8-9-21-10-11-22-14-17-13-19-18(23-15-24-19)12-16(17)6-4-2;1-3-20-15-9-5-13(6-10-15)18-17(22)19-14-7-11-16(12-8-14)21-4-2;;/h12-13H,3-11,14-15H2,1-2H3;5-12H,3-4H2,1-2H3,(H2,18,19,22);;. The summed E-state index contributed by atoms with van der Waals surface area (Å²) >= 11 is 5.30. The molecule has 0 bridgehead atoms. The third-order valence-corrected chi connectivity index (χ3v) is 6.91. The number of unbranched alkanes of at least 4 members (excludes halogenated alkanes) is 1. The van der Waals surface area contributed by atoms with E-state index in [1.165, 1.54) is 11.1 Å². The van der Waals surface area contributed by atoms with Crippen LogP contribution in [-0.2, 0) is 75.2 Å². The Balaban J connectivity index is 0.000000462. The summed E-state index contributed by atoms with van der Waals surface area (Å²) in [5.41, 5.74) is 4.26. The van der Waals surface area contributed by atoms with E-state index in [0.717, 1.165) is 66.7 Å². The topological polar surface area (TPSA) is 88.7 Å². The van der Waals surface area contributed by atoms with Crippen LogP contribution in [0.5, 0.6) is 23.0 Å². The first kappa shape index (κ1) is 44.0. The molecule has 1 heterocycles. The van der Waals surface area contributed by atoms with Gasteiger partial charge in [0.2, 0.25) is 6.79 Å². The molecule has 260 valence electrons. The number of rotatable bonds is 19. The summed E-state index contributed by atoms with van der Waals surface area (Å²) in [5.74, 6) is 3.35. The summed E-state index contributed by atoms with van der Waals surface area (Å²) in [4.78, 5) is 0. The summed E-state index contributed by atoms with van der Waals surface area (Å²) in [7, 11) is 0. The van der Waals surface area contributed by atoms with Gasteiger partial charge in [0, 0.05) is 65.9 Å². The molecule has 0 aliphatic carbocycles. The number of ether oxygens (including phenoxy) is 7. The van der Waals surface area contributed by atoms with Crippen molar-refractivity contribution in [2.24, 2.45) is 0 Å². The van der Waals surface area contributed by atoms with Crippen molar-refractivity contribution in [3.8, 4) is 23.0 Å². The zero-order valence-electron chi connectivity index (χ0n) is 28.7. The normalized spacial score (nSPS) is 10.9. The summed E-state index contributed by atoms with van der Waals surface area (Å²) in [6, 6.07) is 19.5. The Bertz CT molecular complexity index is 1230. The molecule has 0 unspecified atom stereocenters. The molecule has 4 rings (SSSR count). The summed E-state index contributed by atoms with van der Waals surface area (Å²) in [6.07, 6.45) is 4.38. The molecular formula is C36H50N2O7STiZr.